The summed E-state index contributed by atoms with van der Waals surface area (Å²) in [5.41, 5.74) is 0.743. The zero-order valence-electron chi connectivity index (χ0n) is 9.82. The van der Waals surface area contributed by atoms with E-state index < -0.39 is 11.9 Å². The molecule has 0 heterocycles. The highest BCUT2D eigenvalue weighted by atomic mass is 16.5. The molecule has 0 aliphatic rings. The van der Waals surface area contributed by atoms with Gasteiger partial charge in [0.05, 0.1) is 6.61 Å². The van der Waals surface area contributed by atoms with Crippen LogP contribution in [0, 0.1) is 0 Å². The van der Waals surface area contributed by atoms with E-state index in [9.17, 15) is 9.59 Å². The minimum Gasteiger partial charge on any atom is -0.463 e. The van der Waals surface area contributed by atoms with Crippen molar-refractivity contribution in [1.29, 1.82) is 0 Å². The molecule has 0 aliphatic heterocycles. The lowest BCUT2D eigenvalue weighted by atomic mass is 10.4. The van der Waals surface area contributed by atoms with Gasteiger partial charge >= 0.3 is 11.9 Å². The lowest BCUT2D eigenvalue weighted by Gasteiger charge is -2.00. The van der Waals surface area contributed by atoms with Crippen molar-refractivity contribution in [2.75, 3.05) is 13.2 Å². The van der Waals surface area contributed by atoms with Gasteiger partial charge in [-0.05, 0) is 18.9 Å². The van der Waals surface area contributed by atoms with Crippen LogP contribution in [0.3, 0.4) is 0 Å². The summed E-state index contributed by atoms with van der Waals surface area (Å²) in [4.78, 5) is 22.1. The first-order valence-corrected chi connectivity index (χ1v) is 5.22. The van der Waals surface area contributed by atoms with E-state index in [1.165, 1.54) is 0 Å². The van der Waals surface area contributed by atoms with Crippen LogP contribution < -0.4 is 0 Å². The summed E-state index contributed by atoms with van der Waals surface area (Å²) in [5.74, 6) is -1.10. The molecule has 4 nitrogen and oxygen atoms in total. The van der Waals surface area contributed by atoms with Crippen LogP contribution in [0.1, 0.15) is 26.7 Å². The fraction of sp³-hybridized carbons (Fsp3) is 0.500. The standard InChI is InChI=1S/C12H18O4/c1-4-5-8-15-11(13)6-7-12(14)16-9-10(2)3/h6-7H,2,4-5,8-9H2,1,3H3/b7-6+. The second kappa shape index (κ2) is 8.71. The molecular weight excluding hydrogens is 208 g/mol. The fourth-order valence-corrected chi connectivity index (χ4v) is 0.744. The zero-order valence-corrected chi connectivity index (χ0v) is 9.82. The van der Waals surface area contributed by atoms with E-state index in [1.807, 2.05) is 6.92 Å². The Bertz CT molecular complexity index is 279. The summed E-state index contributed by atoms with van der Waals surface area (Å²) >= 11 is 0. The number of ether oxygens (including phenoxy) is 2. The van der Waals surface area contributed by atoms with Gasteiger partial charge in [0.2, 0.25) is 0 Å². The van der Waals surface area contributed by atoms with Crippen LogP contribution in [0.25, 0.3) is 0 Å². The third-order valence-corrected chi connectivity index (χ3v) is 1.56. The molecule has 0 amide bonds. The van der Waals surface area contributed by atoms with Crippen LogP contribution in [0.15, 0.2) is 24.3 Å². The highest BCUT2D eigenvalue weighted by Gasteiger charge is 2.00. The molecular formula is C12H18O4. The van der Waals surface area contributed by atoms with Crippen molar-refractivity contribution in [3.63, 3.8) is 0 Å². The molecule has 0 radical (unpaired) electrons. The third-order valence-electron chi connectivity index (χ3n) is 1.56. The molecule has 0 unspecified atom stereocenters. The van der Waals surface area contributed by atoms with E-state index in [4.69, 9.17) is 9.47 Å². The third kappa shape index (κ3) is 8.99. The zero-order chi connectivity index (χ0) is 12.4. The van der Waals surface area contributed by atoms with E-state index in [2.05, 4.69) is 6.58 Å². The first kappa shape index (κ1) is 14.4. The van der Waals surface area contributed by atoms with Gasteiger partial charge in [-0.25, -0.2) is 9.59 Å². The summed E-state index contributed by atoms with van der Waals surface area (Å²) in [7, 11) is 0. The molecule has 4 heteroatoms. The molecule has 0 saturated heterocycles. The Kier molecular flexibility index (Phi) is 7.85. The number of hydrogen-bond donors (Lipinski definition) is 0. The van der Waals surface area contributed by atoms with Crippen LogP contribution in [0.2, 0.25) is 0 Å². The summed E-state index contributed by atoms with van der Waals surface area (Å²) in [6.45, 7) is 7.86. The summed E-state index contributed by atoms with van der Waals surface area (Å²) < 4.78 is 9.55. The molecule has 0 aliphatic carbocycles. The Balaban J connectivity index is 3.75. The van der Waals surface area contributed by atoms with Gasteiger partial charge in [0.25, 0.3) is 0 Å². The average molecular weight is 226 g/mol. The maximum atomic E-state index is 11.0. The average Bonchev–Trinajstić information content (AvgIpc) is 2.24. The topological polar surface area (TPSA) is 52.6 Å². The Hall–Kier alpha value is -1.58. The van der Waals surface area contributed by atoms with Crippen molar-refractivity contribution in [3.05, 3.63) is 24.3 Å². The largest absolute Gasteiger partial charge is 0.463 e. The number of carbonyl (C=O) groups excluding carboxylic acids is 2. The summed E-state index contributed by atoms with van der Waals surface area (Å²) in [6.07, 6.45) is 3.89. The number of hydrogen-bond acceptors (Lipinski definition) is 4. The predicted molar refractivity (Wildman–Crippen MR) is 60.8 cm³/mol. The van der Waals surface area contributed by atoms with Crippen LogP contribution >= 0.6 is 0 Å². The first-order valence-electron chi connectivity index (χ1n) is 5.22. The van der Waals surface area contributed by atoms with Gasteiger partial charge in [0.15, 0.2) is 0 Å². The maximum Gasteiger partial charge on any atom is 0.331 e. The van der Waals surface area contributed by atoms with E-state index in [0.717, 1.165) is 30.6 Å². The van der Waals surface area contributed by atoms with Crippen molar-refractivity contribution in [2.24, 2.45) is 0 Å². The van der Waals surface area contributed by atoms with Gasteiger partial charge in [-0.1, -0.05) is 19.9 Å². The molecule has 0 saturated carbocycles. The molecule has 0 spiro atoms. The number of rotatable bonds is 7. The second-order valence-corrected chi connectivity index (χ2v) is 3.42. The van der Waals surface area contributed by atoms with Crippen LogP contribution in [-0.4, -0.2) is 25.2 Å². The first-order chi connectivity index (χ1) is 7.56. The Labute approximate surface area is 95.9 Å². The molecule has 0 rings (SSSR count). The molecule has 0 atom stereocenters. The highest BCUT2D eigenvalue weighted by Crippen LogP contribution is 1.92. The minimum atomic E-state index is -0.574. The fourth-order valence-electron chi connectivity index (χ4n) is 0.744. The molecule has 0 aromatic carbocycles. The molecule has 16 heavy (non-hydrogen) atoms. The highest BCUT2D eigenvalue weighted by molar-refractivity contribution is 5.91. The smallest absolute Gasteiger partial charge is 0.331 e. The number of carbonyl (C=O) groups is 2. The van der Waals surface area contributed by atoms with E-state index in [0.29, 0.717) is 6.61 Å². The second-order valence-electron chi connectivity index (χ2n) is 3.42. The molecule has 0 bridgehead atoms. The van der Waals surface area contributed by atoms with Gasteiger partial charge in [0.1, 0.15) is 6.61 Å². The van der Waals surface area contributed by atoms with Gasteiger partial charge < -0.3 is 9.47 Å². The van der Waals surface area contributed by atoms with E-state index >= 15 is 0 Å². The predicted octanol–water partition coefficient (Wildman–Crippen LogP) is 2.01. The van der Waals surface area contributed by atoms with Gasteiger partial charge in [0, 0.05) is 12.2 Å². The Morgan fingerprint density at radius 3 is 2.25 bits per heavy atom. The lowest BCUT2D eigenvalue weighted by Crippen LogP contribution is -2.06. The monoisotopic (exact) mass is 226 g/mol. The quantitative estimate of drug-likeness (QED) is 0.288. The normalized spacial score (nSPS) is 10.1. The van der Waals surface area contributed by atoms with Crippen molar-refractivity contribution in [3.8, 4) is 0 Å². The van der Waals surface area contributed by atoms with Crippen molar-refractivity contribution >= 4 is 11.9 Å². The summed E-state index contributed by atoms with van der Waals surface area (Å²) in [5, 5.41) is 0. The van der Waals surface area contributed by atoms with E-state index in [-0.39, 0.29) is 6.61 Å². The minimum absolute atomic E-state index is 0.161. The molecule has 0 aromatic rings. The SMILES string of the molecule is C=C(C)COC(=O)/C=C/C(=O)OCCCC. The molecule has 90 valence electrons. The number of esters is 2. The molecule has 0 N–H and O–H groups in total. The Morgan fingerprint density at radius 2 is 1.75 bits per heavy atom. The van der Waals surface area contributed by atoms with Crippen molar-refractivity contribution in [1.82, 2.24) is 0 Å². The maximum absolute atomic E-state index is 11.0. The van der Waals surface area contributed by atoms with Gasteiger partial charge in [-0.15, -0.1) is 0 Å². The van der Waals surface area contributed by atoms with Crippen molar-refractivity contribution in [2.45, 2.75) is 26.7 Å². The van der Waals surface area contributed by atoms with Gasteiger partial charge in [-0.2, -0.15) is 0 Å². The summed E-state index contributed by atoms with van der Waals surface area (Å²) in [6, 6.07) is 0. The molecule has 0 fully saturated rings. The lowest BCUT2D eigenvalue weighted by molar-refractivity contribution is -0.140. The van der Waals surface area contributed by atoms with Crippen LogP contribution in [0.5, 0.6) is 0 Å². The Morgan fingerprint density at radius 1 is 1.19 bits per heavy atom. The van der Waals surface area contributed by atoms with Crippen LogP contribution in [0.4, 0.5) is 0 Å². The van der Waals surface area contributed by atoms with Gasteiger partial charge in [-0.3, -0.25) is 0 Å². The van der Waals surface area contributed by atoms with E-state index in [1.54, 1.807) is 6.92 Å². The van der Waals surface area contributed by atoms with Crippen LogP contribution in [-0.2, 0) is 19.1 Å². The molecule has 0 aromatic heterocycles. The number of unbranched alkanes of at least 4 members (excludes halogenated alkanes) is 1. The van der Waals surface area contributed by atoms with Crippen molar-refractivity contribution < 1.29 is 19.1 Å².